The van der Waals surface area contributed by atoms with Gasteiger partial charge < -0.3 is 9.84 Å². The number of aromatic nitrogens is 2. The van der Waals surface area contributed by atoms with Gasteiger partial charge >= 0.3 is 0 Å². The minimum atomic E-state index is -0.605. The Morgan fingerprint density at radius 3 is 2.60 bits per heavy atom. The molecular weight excluding hydrogens is 264 g/mol. The van der Waals surface area contributed by atoms with Crippen molar-refractivity contribution >= 4 is 0 Å². The van der Waals surface area contributed by atoms with Crippen LogP contribution >= 0.6 is 0 Å². The summed E-state index contributed by atoms with van der Waals surface area (Å²) in [6.07, 6.45) is 1.80. The topological polar surface area (TPSA) is 51.0 Å². The molecule has 2 rings (SSSR count). The Morgan fingerprint density at radius 1 is 1.25 bits per heavy atom. The molecule has 108 valence electrons. The highest BCUT2D eigenvalue weighted by Crippen LogP contribution is 2.12. The molecule has 1 N–H and O–H groups in total. The van der Waals surface area contributed by atoms with Crippen LogP contribution in [0.4, 0.5) is 8.78 Å². The van der Waals surface area contributed by atoms with E-state index in [0.717, 1.165) is 12.5 Å². The highest BCUT2D eigenvalue weighted by atomic mass is 19.1. The molecule has 4 nitrogen and oxygen atoms in total. The summed E-state index contributed by atoms with van der Waals surface area (Å²) < 4.78 is 31.3. The van der Waals surface area contributed by atoms with Crippen molar-refractivity contribution in [3.05, 3.63) is 47.1 Å². The number of hydrogen-bond acceptors (Lipinski definition) is 4. The summed E-state index contributed by atoms with van der Waals surface area (Å²) in [5, 5.41) is 6.94. The zero-order valence-corrected chi connectivity index (χ0v) is 11.5. The van der Waals surface area contributed by atoms with Crippen molar-refractivity contribution in [2.75, 3.05) is 7.05 Å². The molecule has 1 heterocycles. The third-order valence-corrected chi connectivity index (χ3v) is 3.08. The fraction of sp³-hybridized carbons (Fsp3) is 0.429. The first kappa shape index (κ1) is 14.6. The van der Waals surface area contributed by atoms with Crippen LogP contribution in [0.25, 0.3) is 0 Å². The Hall–Kier alpha value is -1.82. The number of nitrogens with zero attached hydrogens (tertiary/aromatic N) is 2. The maximum absolute atomic E-state index is 13.1. The third kappa shape index (κ3) is 4.09. The fourth-order valence-electron chi connectivity index (χ4n) is 1.84. The van der Waals surface area contributed by atoms with Gasteiger partial charge in [0.25, 0.3) is 0 Å². The van der Waals surface area contributed by atoms with E-state index in [9.17, 15) is 8.78 Å². The second-order valence-electron chi connectivity index (χ2n) is 4.79. The number of halogens is 2. The molecule has 1 aromatic heterocycles. The normalized spacial score (nSPS) is 12.6. The first-order valence-corrected chi connectivity index (χ1v) is 6.50. The van der Waals surface area contributed by atoms with Crippen LogP contribution in [0.5, 0.6) is 0 Å². The second-order valence-corrected chi connectivity index (χ2v) is 4.79. The van der Waals surface area contributed by atoms with Crippen LogP contribution < -0.4 is 5.32 Å². The minimum absolute atomic E-state index is 0.250. The van der Waals surface area contributed by atoms with Crippen LogP contribution in [-0.4, -0.2) is 23.2 Å². The standard InChI is InChI=1S/C14H17F2N3O/c1-9(17-2)3-4-14-18-13(19-20-14)7-10-5-11(15)8-12(16)6-10/h5-6,8-9,17H,3-4,7H2,1-2H3. The lowest BCUT2D eigenvalue weighted by atomic mass is 10.1. The Balaban J connectivity index is 1.98. The Kier molecular flexibility index (Phi) is 4.79. The Bertz CT molecular complexity index is 551. The largest absolute Gasteiger partial charge is 0.339 e. The van der Waals surface area contributed by atoms with Crippen molar-refractivity contribution in [3.8, 4) is 0 Å². The number of benzene rings is 1. The van der Waals surface area contributed by atoms with E-state index in [2.05, 4.69) is 22.4 Å². The first-order chi connectivity index (χ1) is 9.56. The van der Waals surface area contributed by atoms with Crippen LogP contribution in [0, 0.1) is 11.6 Å². The fourth-order valence-corrected chi connectivity index (χ4v) is 1.84. The average Bonchev–Trinajstić information content (AvgIpc) is 2.82. The quantitative estimate of drug-likeness (QED) is 0.883. The van der Waals surface area contributed by atoms with Crippen LogP contribution in [0.1, 0.15) is 30.6 Å². The molecule has 1 aromatic carbocycles. The molecule has 0 fully saturated rings. The molecule has 0 radical (unpaired) electrons. The van der Waals surface area contributed by atoms with E-state index in [1.54, 1.807) is 0 Å². The van der Waals surface area contributed by atoms with Crippen LogP contribution in [0.2, 0.25) is 0 Å². The second kappa shape index (κ2) is 6.56. The molecule has 20 heavy (non-hydrogen) atoms. The predicted molar refractivity (Wildman–Crippen MR) is 70.3 cm³/mol. The third-order valence-electron chi connectivity index (χ3n) is 3.08. The molecule has 0 aliphatic carbocycles. The van der Waals surface area contributed by atoms with Gasteiger partial charge in [-0.2, -0.15) is 4.98 Å². The zero-order chi connectivity index (χ0) is 14.5. The van der Waals surface area contributed by atoms with Crippen LogP contribution in [0.3, 0.4) is 0 Å². The van der Waals surface area contributed by atoms with Crippen molar-refractivity contribution < 1.29 is 13.3 Å². The van der Waals surface area contributed by atoms with E-state index in [4.69, 9.17) is 4.52 Å². The summed E-state index contributed by atoms with van der Waals surface area (Å²) in [5.41, 5.74) is 0.485. The average molecular weight is 281 g/mol. The zero-order valence-electron chi connectivity index (χ0n) is 11.5. The molecule has 0 spiro atoms. The highest BCUT2D eigenvalue weighted by Gasteiger charge is 2.10. The van der Waals surface area contributed by atoms with Crippen molar-refractivity contribution in [3.63, 3.8) is 0 Å². The van der Waals surface area contributed by atoms with E-state index in [1.165, 1.54) is 12.1 Å². The summed E-state index contributed by atoms with van der Waals surface area (Å²) in [4.78, 5) is 4.22. The van der Waals surface area contributed by atoms with Gasteiger partial charge in [0.05, 0.1) is 0 Å². The molecule has 2 aromatic rings. The molecule has 0 amide bonds. The number of hydrogen-bond donors (Lipinski definition) is 1. The number of rotatable bonds is 6. The van der Waals surface area contributed by atoms with E-state index >= 15 is 0 Å². The summed E-state index contributed by atoms with van der Waals surface area (Å²) >= 11 is 0. The molecule has 0 bridgehead atoms. The Labute approximate surface area is 116 Å². The molecular formula is C14H17F2N3O. The molecule has 0 saturated carbocycles. The van der Waals surface area contributed by atoms with Gasteiger partial charge in [0, 0.05) is 24.9 Å². The summed E-state index contributed by atoms with van der Waals surface area (Å²) in [6.45, 7) is 2.06. The number of nitrogens with one attached hydrogen (secondary N) is 1. The summed E-state index contributed by atoms with van der Waals surface area (Å²) in [7, 11) is 1.89. The molecule has 0 aliphatic heterocycles. The summed E-state index contributed by atoms with van der Waals surface area (Å²) in [6, 6.07) is 3.73. The SMILES string of the molecule is CNC(C)CCc1nc(Cc2cc(F)cc(F)c2)no1. The van der Waals surface area contributed by atoms with Gasteiger partial charge in [-0.25, -0.2) is 8.78 Å². The minimum Gasteiger partial charge on any atom is -0.339 e. The van der Waals surface area contributed by atoms with Gasteiger partial charge in [-0.1, -0.05) is 5.16 Å². The highest BCUT2D eigenvalue weighted by molar-refractivity contribution is 5.21. The molecule has 6 heteroatoms. The van der Waals surface area contributed by atoms with Gasteiger partial charge in [-0.05, 0) is 38.1 Å². The monoisotopic (exact) mass is 281 g/mol. The van der Waals surface area contributed by atoms with E-state index < -0.39 is 11.6 Å². The van der Waals surface area contributed by atoms with E-state index in [-0.39, 0.29) is 6.42 Å². The smallest absolute Gasteiger partial charge is 0.226 e. The van der Waals surface area contributed by atoms with Crippen molar-refractivity contribution in [2.24, 2.45) is 0 Å². The maximum atomic E-state index is 13.1. The van der Waals surface area contributed by atoms with Gasteiger partial charge in [0.15, 0.2) is 5.82 Å². The molecule has 1 atom stereocenters. The lowest BCUT2D eigenvalue weighted by molar-refractivity contribution is 0.365. The molecule has 0 saturated heterocycles. The lowest BCUT2D eigenvalue weighted by Crippen LogP contribution is -2.21. The molecule has 0 aliphatic rings. The Morgan fingerprint density at radius 2 is 1.95 bits per heavy atom. The van der Waals surface area contributed by atoms with E-state index in [0.29, 0.717) is 29.7 Å². The van der Waals surface area contributed by atoms with Crippen molar-refractivity contribution in [1.82, 2.24) is 15.5 Å². The van der Waals surface area contributed by atoms with Crippen molar-refractivity contribution in [1.29, 1.82) is 0 Å². The first-order valence-electron chi connectivity index (χ1n) is 6.50. The number of aryl methyl sites for hydroxylation is 1. The van der Waals surface area contributed by atoms with Crippen molar-refractivity contribution in [2.45, 2.75) is 32.2 Å². The lowest BCUT2D eigenvalue weighted by Gasteiger charge is -2.06. The van der Waals surface area contributed by atoms with Crippen LogP contribution in [0.15, 0.2) is 22.7 Å². The predicted octanol–water partition coefficient (Wildman–Crippen LogP) is 2.48. The van der Waals surface area contributed by atoms with Gasteiger partial charge in [-0.3, -0.25) is 0 Å². The van der Waals surface area contributed by atoms with Gasteiger partial charge in [0.2, 0.25) is 5.89 Å². The van der Waals surface area contributed by atoms with Gasteiger partial charge in [0.1, 0.15) is 11.6 Å². The summed E-state index contributed by atoms with van der Waals surface area (Å²) in [5.74, 6) is -0.237. The van der Waals surface area contributed by atoms with Crippen LogP contribution in [-0.2, 0) is 12.8 Å². The maximum Gasteiger partial charge on any atom is 0.226 e. The van der Waals surface area contributed by atoms with Gasteiger partial charge in [-0.15, -0.1) is 0 Å². The molecule has 1 unspecified atom stereocenters. The van der Waals surface area contributed by atoms with E-state index in [1.807, 2.05) is 7.05 Å².